The summed E-state index contributed by atoms with van der Waals surface area (Å²) in [4.78, 5) is 21.3. The summed E-state index contributed by atoms with van der Waals surface area (Å²) in [7, 11) is -2.91. The standard InChI is InChI=1S/C25H30F3N4O3P/c1-13(15-9-8-10-16(21(15)26)22(27)28)29-23-17-11-20(36(6,7)34)19(12-18(17)30-14(2)31-23)32-24(33)35-25(3,4)5/h8-13,22H,1-7H3,(H,32,33)(H,29,30,31)/t13-/m1/s1. The van der Waals surface area contributed by atoms with Crippen molar-refractivity contribution >= 4 is 40.9 Å². The summed E-state index contributed by atoms with van der Waals surface area (Å²) in [6.45, 7) is 11.6. The van der Waals surface area contributed by atoms with Gasteiger partial charge in [-0.25, -0.2) is 27.9 Å². The Morgan fingerprint density at radius 2 is 1.75 bits per heavy atom. The number of aryl methyl sites for hydroxylation is 1. The van der Waals surface area contributed by atoms with Crippen LogP contribution in [0.5, 0.6) is 0 Å². The number of fused-ring (bicyclic) bond motifs is 1. The minimum Gasteiger partial charge on any atom is -0.444 e. The zero-order chi connectivity index (χ0) is 27.0. The third kappa shape index (κ3) is 6.35. The van der Waals surface area contributed by atoms with Crippen molar-refractivity contribution < 1.29 is 27.3 Å². The number of nitrogens with one attached hydrogen (secondary N) is 2. The number of carbonyl (C=O) groups excluding carboxylic acids is 1. The Hall–Kier alpha value is -3.13. The zero-order valence-electron chi connectivity index (χ0n) is 21.2. The number of halogens is 3. The summed E-state index contributed by atoms with van der Waals surface area (Å²) in [5.41, 5.74) is -0.633. The van der Waals surface area contributed by atoms with Gasteiger partial charge in [-0.15, -0.1) is 0 Å². The van der Waals surface area contributed by atoms with Crippen molar-refractivity contribution in [3.05, 3.63) is 53.1 Å². The second-order valence-electron chi connectivity index (χ2n) is 9.90. The van der Waals surface area contributed by atoms with Crippen molar-refractivity contribution in [2.75, 3.05) is 24.0 Å². The summed E-state index contributed by atoms with van der Waals surface area (Å²) < 4.78 is 59.6. The van der Waals surface area contributed by atoms with Crippen molar-refractivity contribution in [1.29, 1.82) is 0 Å². The summed E-state index contributed by atoms with van der Waals surface area (Å²) >= 11 is 0. The van der Waals surface area contributed by atoms with Crippen LogP contribution in [0, 0.1) is 12.7 Å². The lowest BCUT2D eigenvalue weighted by Gasteiger charge is -2.22. The van der Waals surface area contributed by atoms with Gasteiger partial charge in [-0.1, -0.05) is 18.2 Å². The highest BCUT2D eigenvalue weighted by atomic mass is 31.2. The van der Waals surface area contributed by atoms with Gasteiger partial charge in [0.2, 0.25) is 0 Å². The molecule has 0 aliphatic heterocycles. The van der Waals surface area contributed by atoms with E-state index in [1.54, 1.807) is 60.1 Å². The Morgan fingerprint density at radius 1 is 1.11 bits per heavy atom. The van der Waals surface area contributed by atoms with Crippen molar-refractivity contribution in [1.82, 2.24) is 9.97 Å². The molecule has 1 heterocycles. The lowest BCUT2D eigenvalue weighted by atomic mass is 10.0. The molecule has 0 saturated carbocycles. The first-order valence-corrected chi connectivity index (χ1v) is 13.9. The zero-order valence-corrected chi connectivity index (χ0v) is 22.1. The maximum absolute atomic E-state index is 14.7. The second kappa shape index (κ2) is 10.1. The molecule has 0 radical (unpaired) electrons. The molecule has 0 spiro atoms. The monoisotopic (exact) mass is 522 g/mol. The molecule has 0 fully saturated rings. The number of nitrogens with zero attached hydrogens (tertiary/aromatic N) is 2. The van der Waals surface area contributed by atoms with Gasteiger partial charge in [-0.05, 0) is 60.1 Å². The molecule has 7 nitrogen and oxygen atoms in total. The van der Waals surface area contributed by atoms with Crippen LogP contribution in [-0.2, 0) is 9.30 Å². The number of benzene rings is 2. The van der Waals surface area contributed by atoms with Crippen molar-refractivity contribution in [2.45, 2.75) is 52.7 Å². The van der Waals surface area contributed by atoms with Crippen molar-refractivity contribution in [2.24, 2.45) is 0 Å². The predicted octanol–water partition coefficient (Wildman–Crippen LogP) is 6.78. The Balaban J connectivity index is 2.09. The molecule has 0 unspecified atom stereocenters. The average molecular weight is 523 g/mol. The summed E-state index contributed by atoms with van der Waals surface area (Å²) in [5, 5.41) is 6.59. The average Bonchev–Trinajstić information content (AvgIpc) is 2.70. The fourth-order valence-corrected chi connectivity index (χ4v) is 4.84. The molecule has 0 aliphatic carbocycles. The smallest absolute Gasteiger partial charge is 0.412 e. The third-order valence-electron chi connectivity index (χ3n) is 5.25. The van der Waals surface area contributed by atoms with Crippen LogP contribution in [0.3, 0.4) is 0 Å². The molecule has 0 saturated heterocycles. The lowest BCUT2D eigenvalue weighted by molar-refractivity contribution is 0.0636. The number of hydrogen-bond acceptors (Lipinski definition) is 6. The van der Waals surface area contributed by atoms with E-state index in [-0.39, 0.29) is 11.3 Å². The van der Waals surface area contributed by atoms with Gasteiger partial charge in [0.15, 0.2) is 0 Å². The maximum Gasteiger partial charge on any atom is 0.412 e. The number of rotatable bonds is 6. The summed E-state index contributed by atoms with van der Waals surface area (Å²) in [6.07, 6.45) is -3.65. The number of carbonyl (C=O) groups is 1. The topological polar surface area (TPSA) is 93.2 Å². The van der Waals surface area contributed by atoms with E-state index in [4.69, 9.17) is 4.74 Å². The molecular weight excluding hydrogens is 492 g/mol. The molecule has 1 amide bonds. The van der Waals surface area contributed by atoms with E-state index in [1.165, 1.54) is 12.1 Å². The van der Waals surface area contributed by atoms with E-state index >= 15 is 0 Å². The molecule has 3 rings (SSSR count). The van der Waals surface area contributed by atoms with E-state index < -0.39 is 42.7 Å². The molecule has 194 valence electrons. The molecule has 0 aliphatic rings. The van der Waals surface area contributed by atoms with Gasteiger partial charge >= 0.3 is 6.09 Å². The molecular formula is C25H30F3N4O3P. The Kier molecular flexibility index (Phi) is 7.69. The van der Waals surface area contributed by atoms with Gasteiger partial charge in [0.1, 0.15) is 30.2 Å². The lowest BCUT2D eigenvalue weighted by Crippen LogP contribution is -2.28. The van der Waals surface area contributed by atoms with Gasteiger partial charge in [-0.2, -0.15) is 0 Å². The van der Waals surface area contributed by atoms with Crippen LogP contribution < -0.4 is 15.9 Å². The first kappa shape index (κ1) is 27.5. The maximum atomic E-state index is 14.7. The van der Waals surface area contributed by atoms with Gasteiger partial charge in [0.25, 0.3) is 6.43 Å². The fraction of sp³-hybridized carbons (Fsp3) is 0.400. The number of alkyl halides is 2. The number of anilines is 2. The van der Waals surface area contributed by atoms with Crippen LogP contribution in [0.1, 0.15) is 57.1 Å². The number of hydrogen-bond donors (Lipinski definition) is 2. The minimum atomic E-state index is -2.94. The van der Waals surface area contributed by atoms with E-state index in [0.29, 0.717) is 27.8 Å². The van der Waals surface area contributed by atoms with E-state index in [2.05, 4.69) is 20.6 Å². The first-order chi connectivity index (χ1) is 16.6. The van der Waals surface area contributed by atoms with Crippen LogP contribution in [0.2, 0.25) is 0 Å². The Bertz CT molecular complexity index is 1350. The number of aromatic nitrogens is 2. The highest BCUT2D eigenvalue weighted by Crippen LogP contribution is 2.40. The summed E-state index contributed by atoms with van der Waals surface area (Å²) in [6, 6.07) is 6.32. The third-order valence-corrected chi connectivity index (χ3v) is 6.78. The molecule has 11 heteroatoms. The van der Waals surface area contributed by atoms with E-state index in [0.717, 1.165) is 6.07 Å². The van der Waals surface area contributed by atoms with E-state index in [9.17, 15) is 22.5 Å². The molecule has 3 aromatic rings. The first-order valence-electron chi connectivity index (χ1n) is 11.3. The molecule has 1 atom stereocenters. The predicted molar refractivity (Wildman–Crippen MR) is 137 cm³/mol. The van der Waals surface area contributed by atoms with Crippen molar-refractivity contribution in [3.8, 4) is 0 Å². The highest BCUT2D eigenvalue weighted by molar-refractivity contribution is 7.70. The van der Waals surface area contributed by atoms with Crippen LogP contribution in [0.4, 0.5) is 29.5 Å². The quantitative estimate of drug-likeness (QED) is 0.347. The highest BCUT2D eigenvalue weighted by Gasteiger charge is 2.24. The molecule has 0 bridgehead atoms. The van der Waals surface area contributed by atoms with Crippen LogP contribution in [0.25, 0.3) is 10.9 Å². The van der Waals surface area contributed by atoms with Crippen LogP contribution in [-0.4, -0.2) is 35.0 Å². The van der Waals surface area contributed by atoms with Gasteiger partial charge in [0.05, 0.1) is 22.8 Å². The van der Waals surface area contributed by atoms with Gasteiger partial charge < -0.3 is 14.6 Å². The molecule has 2 N–H and O–H groups in total. The van der Waals surface area contributed by atoms with Crippen molar-refractivity contribution in [3.63, 3.8) is 0 Å². The van der Waals surface area contributed by atoms with Gasteiger partial charge in [0, 0.05) is 16.3 Å². The van der Waals surface area contributed by atoms with Crippen LogP contribution >= 0.6 is 7.14 Å². The fourth-order valence-electron chi connectivity index (χ4n) is 3.70. The Labute approximate surface area is 208 Å². The summed E-state index contributed by atoms with van der Waals surface area (Å²) in [5.74, 6) is -0.296. The van der Waals surface area contributed by atoms with E-state index in [1.807, 2.05) is 0 Å². The Morgan fingerprint density at radius 3 is 2.33 bits per heavy atom. The normalized spacial score (nSPS) is 13.1. The van der Waals surface area contributed by atoms with Gasteiger partial charge in [-0.3, -0.25) is 5.32 Å². The largest absolute Gasteiger partial charge is 0.444 e. The molecule has 36 heavy (non-hydrogen) atoms. The second-order valence-corrected chi connectivity index (χ2v) is 13.1. The SMILES string of the molecule is Cc1nc(N[C@H](C)c2cccc(C(F)F)c2F)c2cc(P(C)(C)=O)c(NC(=O)OC(C)(C)C)cc2n1. The molecule has 2 aromatic carbocycles. The number of amides is 1. The minimum absolute atomic E-state index is 0.0531. The number of ether oxygens (including phenoxy) is 1. The van der Waals surface area contributed by atoms with Crippen LogP contribution in [0.15, 0.2) is 30.3 Å². The molecule has 1 aromatic heterocycles.